The number of aryl methyl sites for hydroxylation is 2. The fraction of sp³-hybridized carbons (Fsp3) is 0.667. The van der Waals surface area contributed by atoms with Gasteiger partial charge in [0.2, 0.25) is 0 Å². The average Bonchev–Trinajstić information content (AvgIpc) is 2.48. The molecule has 0 aliphatic carbocycles. The minimum atomic E-state index is -0.790. The summed E-state index contributed by atoms with van der Waals surface area (Å²) in [6.45, 7) is 0.418. The van der Waals surface area contributed by atoms with Gasteiger partial charge in [0.05, 0.1) is 0 Å². The summed E-state index contributed by atoms with van der Waals surface area (Å²) in [6.07, 6.45) is 4.45. The molecule has 1 unspecified atom stereocenters. The fourth-order valence-corrected chi connectivity index (χ4v) is 1.25. The zero-order valence-electron chi connectivity index (χ0n) is 7.91. The van der Waals surface area contributed by atoms with Gasteiger partial charge in [-0.2, -0.15) is 0 Å². The Morgan fingerprint density at radius 2 is 2.38 bits per heavy atom. The predicted octanol–water partition coefficient (Wildman–Crippen LogP) is 1.04. The number of hydrogen-bond donors (Lipinski definition) is 1. The first kappa shape index (κ1) is 10.2. The van der Waals surface area contributed by atoms with E-state index in [1.807, 2.05) is 17.8 Å². The zero-order valence-corrected chi connectivity index (χ0v) is 7.91. The molecule has 1 rings (SSSR count). The van der Waals surface area contributed by atoms with Crippen LogP contribution >= 0.6 is 0 Å². The molecule has 1 aromatic heterocycles. The van der Waals surface area contributed by atoms with Crippen LogP contribution in [0.15, 0.2) is 12.4 Å². The Bertz CT molecular complexity index is 247. The molecular weight excluding hydrogens is 169 g/mol. The van der Waals surface area contributed by atoms with E-state index in [1.54, 1.807) is 6.20 Å². The molecule has 0 fully saturated rings. The van der Waals surface area contributed by atoms with Crippen molar-refractivity contribution >= 4 is 0 Å². The molecule has 1 aromatic rings. The van der Waals surface area contributed by atoms with Crippen molar-refractivity contribution in [3.8, 4) is 0 Å². The maximum Gasteiger partial charge on any atom is 0.108 e. The quantitative estimate of drug-likeness (QED) is 0.744. The van der Waals surface area contributed by atoms with Crippen LogP contribution in [0.3, 0.4) is 0 Å². The van der Waals surface area contributed by atoms with Crippen LogP contribution in [0.2, 0.25) is 0 Å². The van der Waals surface area contributed by atoms with Gasteiger partial charge in [-0.3, -0.25) is 0 Å². The van der Waals surface area contributed by atoms with Gasteiger partial charge in [0.15, 0.2) is 0 Å². The summed E-state index contributed by atoms with van der Waals surface area (Å²) in [5.41, 5.74) is 5.25. The summed E-state index contributed by atoms with van der Waals surface area (Å²) in [5.74, 6) is 0.930. The minimum Gasteiger partial charge on any atom is -0.338 e. The summed E-state index contributed by atoms with van der Waals surface area (Å²) >= 11 is 0. The van der Waals surface area contributed by atoms with Crippen molar-refractivity contribution in [2.45, 2.75) is 25.4 Å². The molecule has 2 N–H and O–H groups in total. The lowest BCUT2D eigenvalue weighted by molar-refractivity contribution is 0.298. The van der Waals surface area contributed by atoms with E-state index < -0.39 is 6.17 Å². The predicted molar refractivity (Wildman–Crippen MR) is 50.1 cm³/mol. The molecule has 3 nitrogen and oxygen atoms in total. The third-order valence-corrected chi connectivity index (χ3v) is 2.08. The maximum atomic E-state index is 13.0. The lowest BCUT2D eigenvalue weighted by Crippen LogP contribution is -2.11. The smallest absolute Gasteiger partial charge is 0.108 e. The standard InChI is InChI=1S/C9H16FN3/c1-13-7-6-12-9(13)3-2-8(10)4-5-11/h6-8H,2-5,11H2,1H3. The molecule has 74 valence electrons. The van der Waals surface area contributed by atoms with Gasteiger partial charge in [-0.1, -0.05) is 0 Å². The zero-order chi connectivity index (χ0) is 9.68. The van der Waals surface area contributed by atoms with Crippen LogP contribution in [0.1, 0.15) is 18.7 Å². The Morgan fingerprint density at radius 3 is 2.92 bits per heavy atom. The van der Waals surface area contributed by atoms with Gasteiger partial charge in [-0.05, 0) is 19.4 Å². The molecular formula is C9H16FN3. The third kappa shape index (κ3) is 3.14. The average molecular weight is 185 g/mol. The second-order valence-electron chi connectivity index (χ2n) is 3.17. The lowest BCUT2D eigenvalue weighted by Gasteiger charge is -2.05. The second kappa shape index (κ2) is 4.97. The molecule has 0 aliphatic heterocycles. The highest BCUT2D eigenvalue weighted by Crippen LogP contribution is 2.07. The van der Waals surface area contributed by atoms with Gasteiger partial charge in [0.25, 0.3) is 0 Å². The van der Waals surface area contributed by atoms with Crippen LogP contribution in [0, 0.1) is 0 Å². The van der Waals surface area contributed by atoms with E-state index in [4.69, 9.17) is 5.73 Å². The van der Waals surface area contributed by atoms with Gasteiger partial charge >= 0.3 is 0 Å². The first-order valence-corrected chi connectivity index (χ1v) is 4.54. The van der Waals surface area contributed by atoms with Crippen LogP contribution in [0.25, 0.3) is 0 Å². The van der Waals surface area contributed by atoms with E-state index in [0.29, 0.717) is 25.8 Å². The Kier molecular flexibility index (Phi) is 3.89. The van der Waals surface area contributed by atoms with E-state index in [0.717, 1.165) is 5.82 Å². The largest absolute Gasteiger partial charge is 0.338 e. The van der Waals surface area contributed by atoms with Gasteiger partial charge in [-0.15, -0.1) is 0 Å². The van der Waals surface area contributed by atoms with Gasteiger partial charge in [-0.25, -0.2) is 9.37 Å². The lowest BCUT2D eigenvalue weighted by atomic mass is 10.1. The van der Waals surface area contributed by atoms with Crippen molar-refractivity contribution in [1.29, 1.82) is 0 Å². The topological polar surface area (TPSA) is 43.8 Å². The Balaban J connectivity index is 2.30. The number of aromatic nitrogens is 2. The molecule has 0 aliphatic rings. The van der Waals surface area contributed by atoms with Crippen molar-refractivity contribution in [1.82, 2.24) is 9.55 Å². The molecule has 0 bridgehead atoms. The van der Waals surface area contributed by atoms with Crippen molar-refractivity contribution < 1.29 is 4.39 Å². The highest BCUT2D eigenvalue weighted by Gasteiger charge is 2.07. The molecule has 0 aromatic carbocycles. The van der Waals surface area contributed by atoms with Crippen molar-refractivity contribution in [3.05, 3.63) is 18.2 Å². The number of nitrogens with two attached hydrogens (primary N) is 1. The first-order chi connectivity index (χ1) is 6.24. The maximum absolute atomic E-state index is 13.0. The Morgan fingerprint density at radius 1 is 1.62 bits per heavy atom. The van der Waals surface area contributed by atoms with Gasteiger partial charge in [0.1, 0.15) is 12.0 Å². The van der Waals surface area contributed by atoms with E-state index in [2.05, 4.69) is 4.98 Å². The van der Waals surface area contributed by atoms with Crippen molar-refractivity contribution in [3.63, 3.8) is 0 Å². The molecule has 0 amide bonds. The van der Waals surface area contributed by atoms with Gasteiger partial charge in [0, 0.05) is 25.9 Å². The SMILES string of the molecule is Cn1ccnc1CCC(F)CCN. The molecule has 0 spiro atoms. The summed E-state index contributed by atoms with van der Waals surface area (Å²) in [4.78, 5) is 4.11. The highest BCUT2D eigenvalue weighted by atomic mass is 19.1. The van der Waals surface area contributed by atoms with E-state index in [9.17, 15) is 4.39 Å². The number of rotatable bonds is 5. The molecule has 4 heteroatoms. The van der Waals surface area contributed by atoms with E-state index in [1.165, 1.54) is 0 Å². The fourth-order valence-electron chi connectivity index (χ4n) is 1.25. The number of alkyl halides is 1. The Hall–Kier alpha value is -0.900. The van der Waals surface area contributed by atoms with Crippen LogP contribution in [0.4, 0.5) is 4.39 Å². The van der Waals surface area contributed by atoms with Crippen molar-refractivity contribution in [2.75, 3.05) is 6.54 Å². The molecule has 0 saturated carbocycles. The summed E-state index contributed by atoms with van der Waals surface area (Å²) < 4.78 is 14.9. The number of imidazole rings is 1. The van der Waals surface area contributed by atoms with E-state index in [-0.39, 0.29) is 0 Å². The van der Waals surface area contributed by atoms with Crippen LogP contribution in [-0.4, -0.2) is 22.3 Å². The van der Waals surface area contributed by atoms with Crippen LogP contribution in [0.5, 0.6) is 0 Å². The molecule has 1 atom stereocenters. The molecule has 0 saturated heterocycles. The minimum absolute atomic E-state index is 0.418. The molecule has 0 radical (unpaired) electrons. The first-order valence-electron chi connectivity index (χ1n) is 4.54. The van der Waals surface area contributed by atoms with E-state index >= 15 is 0 Å². The number of halogens is 1. The van der Waals surface area contributed by atoms with Crippen molar-refractivity contribution in [2.24, 2.45) is 12.8 Å². The molecule has 13 heavy (non-hydrogen) atoms. The summed E-state index contributed by atoms with van der Waals surface area (Å²) in [6, 6.07) is 0. The third-order valence-electron chi connectivity index (χ3n) is 2.08. The number of hydrogen-bond acceptors (Lipinski definition) is 2. The summed E-state index contributed by atoms with van der Waals surface area (Å²) in [7, 11) is 1.92. The number of nitrogens with zero attached hydrogens (tertiary/aromatic N) is 2. The highest BCUT2D eigenvalue weighted by molar-refractivity contribution is 4.91. The van der Waals surface area contributed by atoms with Gasteiger partial charge < -0.3 is 10.3 Å². The molecule has 1 heterocycles. The Labute approximate surface area is 77.8 Å². The van der Waals surface area contributed by atoms with Crippen LogP contribution < -0.4 is 5.73 Å². The second-order valence-corrected chi connectivity index (χ2v) is 3.17. The van der Waals surface area contributed by atoms with Crippen LogP contribution in [-0.2, 0) is 13.5 Å². The summed E-state index contributed by atoms with van der Waals surface area (Å²) in [5, 5.41) is 0. The normalized spacial score (nSPS) is 13.2. The monoisotopic (exact) mass is 185 g/mol.